The van der Waals surface area contributed by atoms with Gasteiger partial charge in [-0.05, 0) is 55.5 Å². The monoisotopic (exact) mass is 407 g/mol. The Kier molecular flexibility index (Phi) is 6.05. The van der Waals surface area contributed by atoms with Gasteiger partial charge in [0.2, 0.25) is 5.95 Å². The lowest BCUT2D eigenvalue weighted by Gasteiger charge is -2.23. The van der Waals surface area contributed by atoms with Crippen molar-refractivity contribution in [2.75, 3.05) is 16.0 Å². The maximum atomic E-state index is 12.1. The fourth-order valence-electron chi connectivity index (χ4n) is 3.51. The average molecular weight is 408 g/mol. The molecule has 1 aromatic carbocycles. The molecule has 1 fully saturated rings. The van der Waals surface area contributed by atoms with Gasteiger partial charge in [0, 0.05) is 29.2 Å². The summed E-state index contributed by atoms with van der Waals surface area (Å²) in [6.45, 7) is 1.97. The largest absolute Gasteiger partial charge is 0.351 e. The predicted octanol–water partition coefficient (Wildman–Crippen LogP) is 5.59. The number of carbonyl (C=O) groups is 1. The Bertz CT molecular complexity index is 950. The van der Waals surface area contributed by atoms with Gasteiger partial charge in [-0.15, -0.1) is 11.3 Å². The summed E-state index contributed by atoms with van der Waals surface area (Å²) in [5.74, 6) is 1.34. The molecule has 2 heterocycles. The van der Waals surface area contributed by atoms with E-state index in [1.165, 1.54) is 43.4 Å². The molecular weight excluding hydrogens is 382 g/mol. The topological polar surface area (TPSA) is 78.9 Å². The standard InChI is InChI=1S/C22H25N5OS/c1-15-14-20(27-22(23-15)26-16-6-3-2-4-7-16)24-17-9-11-18(12-10-17)25-21(28)19-8-5-13-29-19/h5,8-14,16H,2-4,6-7H2,1H3,(H,25,28)(H2,23,24,26,27). The van der Waals surface area contributed by atoms with E-state index in [4.69, 9.17) is 0 Å². The number of thiophene rings is 1. The molecule has 1 saturated carbocycles. The van der Waals surface area contributed by atoms with Crippen molar-refractivity contribution in [3.05, 3.63) is 58.4 Å². The number of carbonyl (C=O) groups excluding carboxylic acids is 1. The summed E-state index contributed by atoms with van der Waals surface area (Å²) in [5.41, 5.74) is 2.58. The van der Waals surface area contributed by atoms with E-state index in [9.17, 15) is 4.79 Å². The second-order valence-corrected chi connectivity index (χ2v) is 8.28. The first-order valence-corrected chi connectivity index (χ1v) is 10.9. The smallest absolute Gasteiger partial charge is 0.265 e. The summed E-state index contributed by atoms with van der Waals surface area (Å²) in [4.78, 5) is 22.0. The fraction of sp³-hybridized carbons (Fsp3) is 0.318. The van der Waals surface area contributed by atoms with Crippen LogP contribution in [0.25, 0.3) is 0 Å². The zero-order chi connectivity index (χ0) is 20.1. The van der Waals surface area contributed by atoms with E-state index >= 15 is 0 Å². The Morgan fingerprint density at radius 1 is 1.03 bits per heavy atom. The van der Waals surface area contributed by atoms with Crippen molar-refractivity contribution in [1.82, 2.24) is 9.97 Å². The number of amides is 1. The van der Waals surface area contributed by atoms with Crippen molar-refractivity contribution in [2.24, 2.45) is 0 Å². The number of benzene rings is 1. The van der Waals surface area contributed by atoms with Crippen LogP contribution < -0.4 is 16.0 Å². The minimum atomic E-state index is -0.0921. The van der Waals surface area contributed by atoms with Crippen LogP contribution in [0.4, 0.5) is 23.1 Å². The molecule has 2 aromatic heterocycles. The fourth-order valence-corrected chi connectivity index (χ4v) is 4.13. The Balaban J connectivity index is 1.40. The maximum Gasteiger partial charge on any atom is 0.265 e. The minimum Gasteiger partial charge on any atom is -0.351 e. The molecule has 0 atom stereocenters. The van der Waals surface area contributed by atoms with Crippen molar-refractivity contribution >= 4 is 40.4 Å². The number of hydrogen-bond acceptors (Lipinski definition) is 6. The summed E-state index contributed by atoms with van der Waals surface area (Å²) in [7, 11) is 0. The van der Waals surface area contributed by atoms with E-state index in [0.717, 1.165) is 22.9 Å². The van der Waals surface area contributed by atoms with Gasteiger partial charge in [-0.3, -0.25) is 4.79 Å². The van der Waals surface area contributed by atoms with Crippen LogP contribution in [-0.2, 0) is 0 Å². The lowest BCUT2D eigenvalue weighted by atomic mass is 9.96. The van der Waals surface area contributed by atoms with Crippen molar-refractivity contribution in [1.29, 1.82) is 0 Å². The van der Waals surface area contributed by atoms with Gasteiger partial charge in [-0.1, -0.05) is 25.3 Å². The second-order valence-electron chi connectivity index (χ2n) is 7.33. The summed E-state index contributed by atoms with van der Waals surface area (Å²) >= 11 is 1.43. The highest BCUT2D eigenvalue weighted by Gasteiger charge is 2.14. The van der Waals surface area contributed by atoms with Crippen molar-refractivity contribution in [3.63, 3.8) is 0 Å². The summed E-state index contributed by atoms with van der Waals surface area (Å²) in [6.07, 6.45) is 6.22. The van der Waals surface area contributed by atoms with Crippen LogP contribution in [0.1, 0.15) is 47.5 Å². The SMILES string of the molecule is Cc1cc(Nc2ccc(NC(=O)c3cccs3)cc2)nc(NC2CCCCC2)n1. The van der Waals surface area contributed by atoms with E-state index in [2.05, 4.69) is 25.9 Å². The second kappa shape index (κ2) is 9.05. The molecular formula is C22H25N5OS. The molecule has 0 radical (unpaired) electrons. The molecule has 4 rings (SSSR count). The highest BCUT2D eigenvalue weighted by atomic mass is 32.1. The number of aryl methyl sites for hydroxylation is 1. The first-order chi connectivity index (χ1) is 14.2. The van der Waals surface area contributed by atoms with Crippen LogP contribution in [0.3, 0.4) is 0 Å². The van der Waals surface area contributed by atoms with Gasteiger partial charge < -0.3 is 16.0 Å². The summed E-state index contributed by atoms with van der Waals surface area (Å²) in [5, 5.41) is 11.6. The number of nitrogens with one attached hydrogen (secondary N) is 3. The van der Waals surface area contributed by atoms with E-state index in [1.54, 1.807) is 0 Å². The molecule has 0 unspecified atom stereocenters. The van der Waals surface area contributed by atoms with Crippen LogP contribution in [0, 0.1) is 6.92 Å². The summed E-state index contributed by atoms with van der Waals surface area (Å²) < 4.78 is 0. The lowest BCUT2D eigenvalue weighted by molar-refractivity contribution is 0.103. The first kappa shape index (κ1) is 19.4. The first-order valence-electron chi connectivity index (χ1n) is 10.00. The molecule has 1 aliphatic carbocycles. The molecule has 29 heavy (non-hydrogen) atoms. The molecule has 6 nitrogen and oxygen atoms in total. The molecule has 150 valence electrons. The van der Waals surface area contributed by atoms with Gasteiger partial charge >= 0.3 is 0 Å². The Labute approximate surface area is 174 Å². The molecule has 1 aliphatic rings. The number of nitrogens with zero attached hydrogens (tertiary/aromatic N) is 2. The van der Waals surface area contributed by atoms with Crippen LogP contribution in [0.15, 0.2) is 47.8 Å². The normalized spacial score (nSPS) is 14.4. The highest BCUT2D eigenvalue weighted by Crippen LogP contribution is 2.23. The van der Waals surface area contributed by atoms with Gasteiger partial charge in [-0.25, -0.2) is 4.98 Å². The highest BCUT2D eigenvalue weighted by molar-refractivity contribution is 7.12. The molecule has 3 aromatic rings. The third kappa shape index (κ3) is 5.32. The Hall–Kier alpha value is -2.93. The third-order valence-electron chi connectivity index (χ3n) is 4.95. The summed E-state index contributed by atoms with van der Waals surface area (Å²) in [6, 6.07) is 13.7. The van der Waals surface area contributed by atoms with E-state index in [1.807, 2.05) is 54.8 Å². The quantitative estimate of drug-likeness (QED) is 0.497. The van der Waals surface area contributed by atoms with Crippen LogP contribution in [-0.4, -0.2) is 21.9 Å². The zero-order valence-electron chi connectivity index (χ0n) is 16.4. The van der Waals surface area contributed by atoms with Crippen LogP contribution in [0.5, 0.6) is 0 Å². The maximum absolute atomic E-state index is 12.1. The van der Waals surface area contributed by atoms with Gasteiger partial charge in [0.15, 0.2) is 0 Å². The lowest BCUT2D eigenvalue weighted by Crippen LogP contribution is -2.23. The average Bonchev–Trinajstić information content (AvgIpc) is 3.25. The molecule has 0 spiro atoms. The predicted molar refractivity (Wildman–Crippen MR) is 119 cm³/mol. The van der Waals surface area contributed by atoms with Crippen molar-refractivity contribution < 1.29 is 4.79 Å². The van der Waals surface area contributed by atoms with E-state index < -0.39 is 0 Å². The number of rotatable bonds is 6. The zero-order valence-corrected chi connectivity index (χ0v) is 17.3. The van der Waals surface area contributed by atoms with Crippen molar-refractivity contribution in [2.45, 2.75) is 45.1 Å². The third-order valence-corrected chi connectivity index (χ3v) is 5.82. The molecule has 1 amide bonds. The number of anilines is 4. The van der Waals surface area contributed by atoms with Crippen LogP contribution >= 0.6 is 11.3 Å². The van der Waals surface area contributed by atoms with Gasteiger partial charge in [0.1, 0.15) is 5.82 Å². The number of aromatic nitrogens is 2. The Morgan fingerprint density at radius 2 is 1.79 bits per heavy atom. The van der Waals surface area contributed by atoms with Gasteiger partial charge in [-0.2, -0.15) is 4.98 Å². The minimum absolute atomic E-state index is 0.0921. The van der Waals surface area contributed by atoms with E-state index in [0.29, 0.717) is 16.9 Å². The van der Waals surface area contributed by atoms with E-state index in [-0.39, 0.29) is 5.91 Å². The molecule has 0 bridgehead atoms. The van der Waals surface area contributed by atoms with Crippen LogP contribution in [0.2, 0.25) is 0 Å². The Morgan fingerprint density at radius 3 is 2.52 bits per heavy atom. The number of hydrogen-bond donors (Lipinski definition) is 3. The molecule has 0 saturated heterocycles. The van der Waals surface area contributed by atoms with Crippen molar-refractivity contribution in [3.8, 4) is 0 Å². The molecule has 7 heteroatoms. The van der Waals surface area contributed by atoms with Gasteiger partial charge in [0.25, 0.3) is 5.91 Å². The molecule has 0 aliphatic heterocycles. The van der Waals surface area contributed by atoms with Gasteiger partial charge in [0.05, 0.1) is 4.88 Å². The molecule has 3 N–H and O–H groups in total.